The molecule has 9 heteroatoms. The fourth-order valence-corrected chi connectivity index (χ4v) is 3.33. The molecule has 150 valence electrons. The highest BCUT2D eigenvalue weighted by molar-refractivity contribution is 6.32. The topological polar surface area (TPSA) is 82.6 Å². The van der Waals surface area contributed by atoms with Crippen LogP contribution >= 0.6 is 11.6 Å². The molecule has 8 nitrogen and oxygen atoms in total. The second kappa shape index (κ2) is 8.97. The Labute approximate surface area is 169 Å². The molecule has 0 bridgehead atoms. The summed E-state index contributed by atoms with van der Waals surface area (Å²) in [7, 11) is 1.55. The van der Waals surface area contributed by atoms with Gasteiger partial charge in [-0.25, -0.2) is 14.8 Å². The molecule has 0 spiro atoms. The number of nitrogens with zero attached hydrogens (tertiary/aromatic N) is 4. The number of aryl methyl sites for hydroxylation is 1. The van der Waals surface area contributed by atoms with Gasteiger partial charge in [-0.3, -0.25) is 0 Å². The SMILES string of the molecule is CCNc1cc(N2CCN(C(=O)Nc3ccc(OC)c(Cl)c3)CC2)nc(C)n1. The van der Waals surface area contributed by atoms with Gasteiger partial charge in [-0.2, -0.15) is 0 Å². The van der Waals surface area contributed by atoms with Crippen LogP contribution in [0.1, 0.15) is 12.7 Å². The van der Waals surface area contributed by atoms with Crippen molar-refractivity contribution in [1.29, 1.82) is 0 Å². The fraction of sp³-hybridized carbons (Fsp3) is 0.421. The molecule has 1 saturated heterocycles. The van der Waals surface area contributed by atoms with Gasteiger partial charge in [-0.1, -0.05) is 11.6 Å². The summed E-state index contributed by atoms with van der Waals surface area (Å²) in [6.45, 7) is 7.35. The van der Waals surface area contributed by atoms with Gasteiger partial charge in [0.1, 0.15) is 23.2 Å². The van der Waals surface area contributed by atoms with Gasteiger partial charge in [0.15, 0.2) is 0 Å². The van der Waals surface area contributed by atoms with E-state index < -0.39 is 0 Å². The third kappa shape index (κ3) is 4.75. The van der Waals surface area contributed by atoms with Gasteiger partial charge in [0.25, 0.3) is 0 Å². The van der Waals surface area contributed by atoms with Crippen LogP contribution in [-0.2, 0) is 0 Å². The maximum atomic E-state index is 12.6. The number of benzene rings is 1. The molecule has 2 amide bonds. The number of carbonyl (C=O) groups is 1. The quantitative estimate of drug-likeness (QED) is 0.796. The number of anilines is 3. The van der Waals surface area contributed by atoms with Crippen LogP contribution in [0.4, 0.5) is 22.1 Å². The van der Waals surface area contributed by atoms with Crippen molar-refractivity contribution in [2.75, 3.05) is 55.4 Å². The lowest BCUT2D eigenvalue weighted by atomic mass is 10.3. The Morgan fingerprint density at radius 3 is 2.61 bits per heavy atom. The number of methoxy groups -OCH3 is 1. The van der Waals surface area contributed by atoms with Gasteiger partial charge in [-0.05, 0) is 32.0 Å². The first-order valence-corrected chi connectivity index (χ1v) is 9.62. The minimum atomic E-state index is -0.145. The molecule has 2 N–H and O–H groups in total. The lowest BCUT2D eigenvalue weighted by Crippen LogP contribution is -2.50. The Morgan fingerprint density at radius 1 is 1.21 bits per heavy atom. The summed E-state index contributed by atoms with van der Waals surface area (Å²) >= 11 is 6.12. The number of amides is 2. The standard InChI is InChI=1S/C19H25ClN6O2/c1-4-21-17-12-18(23-13(2)22-17)25-7-9-26(10-8-25)19(27)24-14-5-6-16(28-3)15(20)11-14/h5-6,11-12H,4,7-10H2,1-3H3,(H,24,27)(H,21,22,23). The molecule has 0 aliphatic carbocycles. The van der Waals surface area contributed by atoms with Crippen molar-refractivity contribution in [3.05, 3.63) is 35.1 Å². The average Bonchev–Trinajstić information content (AvgIpc) is 2.68. The third-order valence-electron chi connectivity index (χ3n) is 4.48. The fourth-order valence-electron chi connectivity index (χ4n) is 3.07. The smallest absolute Gasteiger partial charge is 0.321 e. The van der Waals surface area contributed by atoms with Crippen LogP contribution < -0.4 is 20.3 Å². The van der Waals surface area contributed by atoms with Gasteiger partial charge >= 0.3 is 6.03 Å². The minimum Gasteiger partial charge on any atom is -0.495 e. The van der Waals surface area contributed by atoms with Crippen LogP contribution in [0.3, 0.4) is 0 Å². The van der Waals surface area contributed by atoms with E-state index >= 15 is 0 Å². The van der Waals surface area contributed by atoms with Gasteiger partial charge in [0, 0.05) is 44.5 Å². The molecule has 0 radical (unpaired) electrons. The Hall–Kier alpha value is -2.74. The average molecular weight is 405 g/mol. The molecule has 28 heavy (non-hydrogen) atoms. The van der Waals surface area contributed by atoms with Gasteiger partial charge in [0.05, 0.1) is 12.1 Å². The molecular formula is C19H25ClN6O2. The molecule has 1 aliphatic heterocycles. The summed E-state index contributed by atoms with van der Waals surface area (Å²) in [4.78, 5) is 25.4. The molecule has 2 heterocycles. The van der Waals surface area contributed by atoms with E-state index in [-0.39, 0.29) is 6.03 Å². The van der Waals surface area contributed by atoms with E-state index in [1.807, 2.05) is 19.9 Å². The van der Waals surface area contributed by atoms with Gasteiger partial charge in [0.2, 0.25) is 0 Å². The van der Waals surface area contributed by atoms with Crippen molar-refractivity contribution in [2.45, 2.75) is 13.8 Å². The number of ether oxygens (including phenoxy) is 1. The van der Waals surface area contributed by atoms with Crippen LogP contribution in [0, 0.1) is 6.92 Å². The Morgan fingerprint density at radius 2 is 1.96 bits per heavy atom. The molecular weight excluding hydrogens is 380 g/mol. The lowest BCUT2D eigenvalue weighted by Gasteiger charge is -2.35. The predicted molar refractivity (Wildman–Crippen MR) is 112 cm³/mol. The number of urea groups is 1. The molecule has 1 fully saturated rings. The first kappa shape index (κ1) is 20.0. The lowest BCUT2D eigenvalue weighted by molar-refractivity contribution is 0.208. The summed E-state index contributed by atoms with van der Waals surface area (Å²) in [5.74, 6) is 3.00. The molecule has 0 unspecified atom stereocenters. The highest BCUT2D eigenvalue weighted by Gasteiger charge is 2.22. The first-order chi connectivity index (χ1) is 13.5. The van der Waals surface area contributed by atoms with E-state index in [1.165, 1.54) is 0 Å². The summed E-state index contributed by atoms with van der Waals surface area (Å²) in [5, 5.41) is 6.57. The molecule has 2 aromatic rings. The number of piperazine rings is 1. The molecule has 1 aromatic carbocycles. The minimum absolute atomic E-state index is 0.145. The molecule has 1 aromatic heterocycles. The van der Waals surface area contributed by atoms with Crippen molar-refractivity contribution in [1.82, 2.24) is 14.9 Å². The Bertz CT molecular complexity index is 839. The monoisotopic (exact) mass is 404 g/mol. The summed E-state index contributed by atoms with van der Waals surface area (Å²) < 4.78 is 5.13. The van der Waals surface area contributed by atoms with E-state index in [4.69, 9.17) is 16.3 Å². The highest BCUT2D eigenvalue weighted by atomic mass is 35.5. The normalized spacial score (nSPS) is 14.0. The van der Waals surface area contributed by atoms with Crippen molar-refractivity contribution >= 4 is 35.0 Å². The summed E-state index contributed by atoms with van der Waals surface area (Å²) in [5.41, 5.74) is 0.639. The number of carbonyl (C=O) groups excluding carboxylic acids is 1. The van der Waals surface area contributed by atoms with E-state index in [1.54, 1.807) is 30.2 Å². The highest BCUT2D eigenvalue weighted by Crippen LogP contribution is 2.27. The van der Waals surface area contributed by atoms with E-state index in [0.717, 1.165) is 24.0 Å². The van der Waals surface area contributed by atoms with Crippen molar-refractivity contribution in [3.63, 3.8) is 0 Å². The largest absolute Gasteiger partial charge is 0.495 e. The van der Waals surface area contributed by atoms with E-state index in [0.29, 0.717) is 42.6 Å². The second-order valence-electron chi connectivity index (χ2n) is 6.44. The Balaban J connectivity index is 1.59. The van der Waals surface area contributed by atoms with Gasteiger partial charge < -0.3 is 25.2 Å². The van der Waals surface area contributed by atoms with Crippen molar-refractivity contribution < 1.29 is 9.53 Å². The molecule has 0 saturated carbocycles. The summed E-state index contributed by atoms with van der Waals surface area (Å²) in [6.07, 6.45) is 0. The molecule has 0 atom stereocenters. The van der Waals surface area contributed by atoms with Crippen LogP contribution in [-0.4, -0.2) is 60.7 Å². The maximum Gasteiger partial charge on any atom is 0.321 e. The maximum absolute atomic E-state index is 12.6. The number of rotatable bonds is 5. The zero-order valence-corrected chi connectivity index (χ0v) is 17.1. The van der Waals surface area contributed by atoms with Crippen molar-refractivity contribution in [2.24, 2.45) is 0 Å². The van der Waals surface area contributed by atoms with Crippen molar-refractivity contribution in [3.8, 4) is 5.75 Å². The second-order valence-corrected chi connectivity index (χ2v) is 6.85. The van der Waals surface area contributed by atoms with E-state index in [2.05, 4.69) is 25.5 Å². The van der Waals surface area contributed by atoms with Gasteiger partial charge in [-0.15, -0.1) is 0 Å². The zero-order valence-electron chi connectivity index (χ0n) is 16.3. The summed E-state index contributed by atoms with van der Waals surface area (Å²) in [6, 6.07) is 6.99. The van der Waals surface area contributed by atoms with Crippen LogP contribution in [0.15, 0.2) is 24.3 Å². The first-order valence-electron chi connectivity index (χ1n) is 9.24. The number of hydrogen-bond acceptors (Lipinski definition) is 6. The number of halogens is 1. The van der Waals surface area contributed by atoms with Crippen LogP contribution in [0.2, 0.25) is 5.02 Å². The number of nitrogens with one attached hydrogen (secondary N) is 2. The Kier molecular flexibility index (Phi) is 6.41. The molecule has 1 aliphatic rings. The van der Waals surface area contributed by atoms with E-state index in [9.17, 15) is 4.79 Å². The van der Waals surface area contributed by atoms with Crippen LogP contribution in [0.25, 0.3) is 0 Å². The predicted octanol–water partition coefficient (Wildman–Crippen LogP) is 3.23. The number of hydrogen-bond donors (Lipinski definition) is 2. The molecule has 3 rings (SSSR count). The zero-order chi connectivity index (χ0) is 20.1. The number of aromatic nitrogens is 2. The third-order valence-corrected chi connectivity index (χ3v) is 4.77. The van der Waals surface area contributed by atoms with Crippen LogP contribution in [0.5, 0.6) is 5.75 Å².